The number of nitrogens with two attached hydrogens (primary N) is 2. The van der Waals surface area contributed by atoms with Crippen molar-refractivity contribution in [1.29, 1.82) is 0 Å². The molecular weight excluding hydrogens is 280 g/mol. The Morgan fingerprint density at radius 1 is 1.45 bits per heavy atom. The van der Waals surface area contributed by atoms with Gasteiger partial charge in [-0.25, -0.2) is 13.1 Å². The lowest BCUT2D eigenvalue weighted by Crippen LogP contribution is -2.40. The molecule has 5 N–H and O–H groups in total. The second-order valence-corrected chi connectivity index (χ2v) is 6.57. The average molecular weight is 298 g/mol. The van der Waals surface area contributed by atoms with E-state index in [0.29, 0.717) is 24.3 Å². The van der Waals surface area contributed by atoms with Crippen LogP contribution in [0, 0.1) is 0 Å². The van der Waals surface area contributed by atoms with Crippen molar-refractivity contribution in [2.75, 3.05) is 24.2 Å². The van der Waals surface area contributed by atoms with Crippen molar-refractivity contribution in [1.82, 2.24) is 4.72 Å². The topological polar surface area (TPSA) is 119 Å². The standard InChI is InChI=1S/C12H18N4O3S/c1-15-20(18,19)8-4-5-10(9(13)7-8)16-6-2-3-11(16)12(14)17/h4-5,7,11,15H,2-3,6,13H2,1H3,(H2,14,17). The molecule has 1 amide bonds. The molecule has 1 aromatic carbocycles. The molecule has 8 heteroatoms. The number of hydrogen-bond donors (Lipinski definition) is 3. The summed E-state index contributed by atoms with van der Waals surface area (Å²) in [6.45, 7) is 0.677. The number of sulfonamides is 1. The third-order valence-electron chi connectivity index (χ3n) is 3.47. The largest absolute Gasteiger partial charge is 0.397 e. The molecule has 110 valence electrons. The maximum atomic E-state index is 11.7. The highest BCUT2D eigenvalue weighted by atomic mass is 32.2. The first-order chi connectivity index (χ1) is 9.36. The van der Waals surface area contributed by atoms with E-state index in [0.717, 1.165) is 6.42 Å². The minimum absolute atomic E-state index is 0.0936. The highest BCUT2D eigenvalue weighted by Gasteiger charge is 2.30. The first-order valence-electron chi connectivity index (χ1n) is 6.26. The van der Waals surface area contributed by atoms with Gasteiger partial charge in [-0.15, -0.1) is 0 Å². The molecule has 1 saturated heterocycles. The zero-order chi connectivity index (χ0) is 14.9. The summed E-state index contributed by atoms with van der Waals surface area (Å²) in [5, 5.41) is 0. The Morgan fingerprint density at radius 2 is 2.15 bits per heavy atom. The van der Waals surface area contributed by atoms with Crippen LogP contribution < -0.4 is 21.1 Å². The molecule has 0 saturated carbocycles. The van der Waals surface area contributed by atoms with Gasteiger partial charge >= 0.3 is 0 Å². The molecule has 0 aromatic heterocycles. The number of anilines is 2. The van der Waals surface area contributed by atoms with Gasteiger partial charge in [-0.2, -0.15) is 0 Å². The molecule has 0 bridgehead atoms. The Balaban J connectivity index is 2.38. The van der Waals surface area contributed by atoms with Crippen LogP contribution in [0.1, 0.15) is 12.8 Å². The molecule has 1 aromatic rings. The van der Waals surface area contributed by atoms with Crippen LogP contribution in [-0.4, -0.2) is 34.0 Å². The number of amides is 1. The summed E-state index contributed by atoms with van der Waals surface area (Å²) < 4.78 is 25.6. The first kappa shape index (κ1) is 14.6. The molecule has 0 aliphatic carbocycles. The number of nitrogen functional groups attached to an aromatic ring is 1. The van der Waals surface area contributed by atoms with Gasteiger partial charge in [0.25, 0.3) is 0 Å². The van der Waals surface area contributed by atoms with Gasteiger partial charge < -0.3 is 16.4 Å². The Morgan fingerprint density at radius 3 is 2.70 bits per heavy atom. The van der Waals surface area contributed by atoms with Crippen LogP contribution in [0.3, 0.4) is 0 Å². The van der Waals surface area contributed by atoms with Crippen molar-refractivity contribution in [3.05, 3.63) is 18.2 Å². The van der Waals surface area contributed by atoms with Gasteiger partial charge in [0.1, 0.15) is 6.04 Å². The van der Waals surface area contributed by atoms with E-state index in [1.807, 2.05) is 4.90 Å². The molecule has 0 radical (unpaired) electrons. The molecule has 20 heavy (non-hydrogen) atoms. The number of nitrogens with one attached hydrogen (secondary N) is 1. The molecule has 1 fully saturated rings. The minimum Gasteiger partial charge on any atom is -0.397 e. The van der Waals surface area contributed by atoms with E-state index in [1.165, 1.54) is 19.2 Å². The van der Waals surface area contributed by atoms with Gasteiger partial charge in [0, 0.05) is 6.54 Å². The summed E-state index contributed by atoms with van der Waals surface area (Å²) in [6, 6.07) is 4.08. The number of benzene rings is 1. The van der Waals surface area contributed by atoms with Gasteiger partial charge in [-0.05, 0) is 38.1 Å². The van der Waals surface area contributed by atoms with E-state index in [-0.39, 0.29) is 10.9 Å². The molecule has 7 nitrogen and oxygen atoms in total. The Hall–Kier alpha value is -1.80. The van der Waals surface area contributed by atoms with Gasteiger partial charge in [-0.1, -0.05) is 0 Å². The van der Waals surface area contributed by atoms with E-state index in [2.05, 4.69) is 4.72 Å². The van der Waals surface area contributed by atoms with Crippen LogP contribution in [0.25, 0.3) is 0 Å². The zero-order valence-corrected chi connectivity index (χ0v) is 12.0. The van der Waals surface area contributed by atoms with Crippen molar-refractivity contribution in [3.8, 4) is 0 Å². The predicted octanol–water partition coefficient (Wildman–Crippen LogP) is -0.369. The minimum atomic E-state index is -3.53. The van der Waals surface area contributed by atoms with Gasteiger partial charge in [-0.3, -0.25) is 4.79 Å². The summed E-state index contributed by atoms with van der Waals surface area (Å²) in [5.41, 5.74) is 12.3. The maximum Gasteiger partial charge on any atom is 0.240 e. The second-order valence-electron chi connectivity index (χ2n) is 4.68. The summed E-state index contributed by atoms with van der Waals surface area (Å²) in [6.07, 6.45) is 1.54. The van der Waals surface area contributed by atoms with Crippen LogP contribution in [0.4, 0.5) is 11.4 Å². The lowest BCUT2D eigenvalue weighted by Gasteiger charge is -2.26. The third kappa shape index (κ3) is 2.56. The van der Waals surface area contributed by atoms with Crippen molar-refractivity contribution in [2.45, 2.75) is 23.8 Å². The van der Waals surface area contributed by atoms with Gasteiger partial charge in [0.2, 0.25) is 15.9 Å². The summed E-state index contributed by atoms with van der Waals surface area (Å²) in [5.74, 6) is -0.395. The Bertz CT molecular complexity index is 630. The number of primary amides is 1. The molecule has 1 heterocycles. The van der Waals surface area contributed by atoms with E-state index in [1.54, 1.807) is 6.07 Å². The molecule has 0 spiro atoms. The van der Waals surface area contributed by atoms with E-state index >= 15 is 0 Å². The Labute approximate surface area is 118 Å². The fourth-order valence-corrected chi connectivity index (χ4v) is 3.20. The molecule has 1 atom stereocenters. The van der Waals surface area contributed by atoms with Crippen molar-refractivity contribution in [2.24, 2.45) is 5.73 Å². The van der Waals surface area contributed by atoms with E-state index in [9.17, 15) is 13.2 Å². The Kier molecular flexibility index (Phi) is 3.87. The SMILES string of the molecule is CNS(=O)(=O)c1ccc(N2CCCC2C(N)=O)c(N)c1. The lowest BCUT2D eigenvalue weighted by molar-refractivity contribution is -0.119. The highest BCUT2D eigenvalue weighted by molar-refractivity contribution is 7.89. The fraction of sp³-hybridized carbons (Fsp3) is 0.417. The molecule has 1 unspecified atom stereocenters. The third-order valence-corrected chi connectivity index (χ3v) is 4.88. The maximum absolute atomic E-state index is 11.7. The second kappa shape index (κ2) is 5.29. The van der Waals surface area contributed by atoms with Crippen LogP contribution in [0.2, 0.25) is 0 Å². The summed E-state index contributed by atoms with van der Waals surface area (Å²) >= 11 is 0. The fourth-order valence-electron chi connectivity index (χ4n) is 2.43. The molecule has 1 aliphatic heterocycles. The molecule has 2 rings (SSSR count). The van der Waals surface area contributed by atoms with E-state index < -0.39 is 15.9 Å². The first-order valence-corrected chi connectivity index (χ1v) is 7.74. The lowest BCUT2D eigenvalue weighted by atomic mass is 10.2. The normalized spacial score (nSPS) is 19.2. The predicted molar refractivity (Wildman–Crippen MR) is 76.7 cm³/mol. The van der Waals surface area contributed by atoms with Crippen molar-refractivity contribution >= 4 is 27.3 Å². The number of hydrogen-bond acceptors (Lipinski definition) is 5. The monoisotopic (exact) mass is 298 g/mol. The van der Waals surface area contributed by atoms with Crippen molar-refractivity contribution in [3.63, 3.8) is 0 Å². The molecule has 1 aliphatic rings. The molecular formula is C12H18N4O3S. The van der Waals surface area contributed by atoms with Gasteiger partial charge in [0.05, 0.1) is 16.3 Å². The zero-order valence-electron chi connectivity index (χ0n) is 11.2. The van der Waals surface area contributed by atoms with Crippen LogP contribution in [0.5, 0.6) is 0 Å². The van der Waals surface area contributed by atoms with Crippen molar-refractivity contribution < 1.29 is 13.2 Å². The smallest absolute Gasteiger partial charge is 0.240 e. The van der Waals surface area contributed by atoms with Crippen LogP contribution in [0.15, 0.2) is 23.1 Å². The number of nitrogens with zero attached hydrogens (tertiary/aromatic N) is 1. The van der Waals surface area contributed by atoms with E-state index in [4.69, 9.17) is 11.5 Å². The number of carbonyl (C=O) groups excluding carboxylic acids is 1. The number of rotatable bonds is 4. The van der Waals surface area contributed by atoms with Crippen LogP contribution >= 0.6 is 0 Å². The average Bonchev–Trinajstić information content (AvgIpc) is 2.87. The van der Waals surface area contributed by atoms with Crippen LogP contribution in [-0.2, 0) is 14.8 Å². The summed E-state index contributed by atoms with van der Waals surface area (Å²) in [4.78, 5) is 13.3. The number of carbonyl (C=O) groups is 1. The summed E-state index contributed by atoms with van der Waals surface area (Å²) in [7, 11) is -2.19. The quantitative estimate of drug-likeness (QED) is 0.655. The van der Waals surface area contributed by atoms with Gasteiger partial charge in [0.15, 0.2) is 0 Å². The highest BCUT2D eigenvalue weighted by Crippen LogP contribution is 2.31.